The Morgan fingerprint density at radius 2 is 1.92 bits per heavy atom. The molecule has 1 aromatic carbocycles. The van der Waals surface area contributed by atoms with E-state index in [1.807, 2.05) is 56.9 Å². The maximum absolute atomic E-state index is 12.7. The molecule has 0 spiro atoms. The van der Waals surface area contributed by atoms with Gasteiger partial charge in [-0.15, -0.1) is 0 Å². The third kappa shape index (κ3) is 5.48. The van der Waals surface area contributed by atoms with E-state index in [4.69, 9.17) is 4.74 Å². The van der Waals surface area contributed by atoms with Gasteiger partial charge in [-0.05, 0) is 49.9 Å². The Morgan fingerprint density at radius 3 is 2.52 bits per heavy atom. The molecule has 0 bridgehead atoms. The molecule has 1 atom stereocenters. The van der Waals surface area contributed by atoms with Gasteiger partial charge in [0, 0.05) is 30.6 Å². The minimum Gasteiger partial charge on any atom is -0.494 e. The summed E-state index contributed by atoms with van der Waals surface area (Å²) in [5.41, 5.74) is 0.301. The molecule has 5 nitrogen and oxygen atoms in total. The fourth-order valence-electron chi connectivity index (χ4n) is 2.96. The fourth-order valence-corrected chi connectivity index (χ4v) is 2.96. The second-order valence-corrected chi connectivity index (χ2v) is 7.68. The van der Waals surface area contributed by atoms with Gasteiger partial charge in [0.25, 0.3) is 5.91 Å². The molecule has 0 radical (unpaired) electrons. The van der Waals surface area contributed by atoms with E-state index in [0.29, 0.717) is 31.2 Å². The number of rotatable bonds is 5. The van der Waals surface area contributed by atoms with E-state index in [1.165, 1.54) is 0 Å². The van der Waals surface area contributed by atoms with Crippen LogP contribution in [0.3, 0.4) is 0 Å². The lowest BCUT2D eigenvalue weighted by Crippen LogP contribution is -2.45. The highest BCUT2D eigenvalue weighted by molar-refractivity contribution is 5.94. The Balaban J connectivity index is 1.91. The maximum atomic E-state index is 12.7. The largest absolute Gasteiger partial charge is 0.494 e. The molecule has 2 rings (SSSR count). The standard InChI is InChI=1S/C20H30N2O3/c1-5-25-17-10-8-16(9-11-17)18(23)22-12-6-7-15(14-22)13-21-19(24)20(2,3)4/h8-11,15H,5-7,12-14H2,1-4H3,(H,21,24). The second-order valence-electron chi connectivity index (χ2n) is 7.68. The molecule has 138 valence electrons. The molecule has 0 saturated carbocycles. The number of hydrogen-bond donors (Lipinski definition) is 1. The van der Waals surface area contributed by atoms with E-state index in [2.05, 4.69) is 5.32 Å². The number of ether oxygens (including phenoxy) is 1. The Kier molecular flexibility index (Phi) is 6.45. The first-order valence-electron chi connectivity index (χ1n) is 9.11. The van der Waals surface area contributed by atoms with E-state index in [1.54, 1.807) is 0 Å². The quantitative estimate of drug-likeness (QED) is 0.891. The molecule has 1 N–H and O–H groups in total. The van der Waals surface area contributed by atoms with Crippen LogP contribution in [0.25, 0.3) is 0 Å². The molecule has 1 saturated heterocycles. The number of nitrogens with one attached hydrogen (secondary N) is 1. The predicted molar refractivity (Wildman–Crippen MR) is 98.7 cm³/mol. The van der Waals surface area contributed by atoms with Crippen LogP contribution in [0.5, 0.6) is 5.75 Å². The van der Waals surface area contributed by atoms with Crippen molar-refractivity contribution in [3.8, 4) is 5.75 Å². The molecule has 1 fully saturated rings. The van der Waals surface area contributed by atoms with Gasteiger partial charge in [0.2, 0.25) is 5.91 Å². The summed E-state index contributed by atoms with van der Waals surface area (Å²) in [4.78, 5) is 26.6. The second kappa shape index (κ2) is 8.37. The molecular weight excluding hydrogens is 316 g/mol. The number of piperidine rings is 1. The Morgan fingerprint density at radius 1 is 1.24 bits per heavy atom. The molecule has 1 aliphatic heterocycles. The van der Waals surface area contributed by atoms with Crippen LogP contribution in [-0.2, 0) is 4.79 Å². The van der Waals surface area contributed by atoms with Gasteiger partial charge in [0.15, 0.2) is 0 Å². The number of nitrogens with zero attached hydrogens (tertiary/aromatic N) is 1. The van der Waals surface area contributed by atoms with Crippen LogP contribution < -0.4 is 10.1 Å². The number of benzene rings is 1. The molecule has 25 heavy (non-hydrogen) atoms. The highest BCUT2D eigenvalue weighted by Gasteiger charge is 2.26. The van der Waals surface area contributed by atoms with Gasteiger partial charge < -0.3 is 15.0 Å². The minimum atomic E-state index is -0.382. The predicted octanol–water partition coefficient (Wildman–Crippen LogP) is 3.10. The van der Waals surface area contributed by atoms with Gasteiger partial charge in [-0.3, -0.25) is 9.59 Å². The zero-order valence-corrected chi connectivity index (χ0v) is 15.8. The third-order valence-corrected chi connectivity index (χ3v) is 4.45. The van der Waals surface area contributed by atoms with Gasteiger partial charge in [0.1, 0.15) is 5.75 Å². The summed E-state index contributed by atoms with van der Waals surface area (Å²) in [5, 5.41) is 3.02. The molecule has 2 amide bonds. The van der Waals surface area contributed by atoms with Crippen molar-refractivity contribution in [1.29, 1.82) is 0 Å². The van der Waals surface area contributed by atoms with Gasteiger partial charge in [-0.25, -0.2) is 0 Å². The van der Waals surface area contributed by atoms with Crippen molar-refractivity contribution in [2.24, 2.45) is 11.3 Å². The summed E-state index contributed by atoms with van der Waals surface area (Å²) in [6.45, 7) is 10.4. The van der Waals surface area contributed by atoms with Crippen molar-refractivity contribution in [3.05, 3.63) is 29.8 Å². The third-order valence-electron chi connectivity index (χ3n) is 4.45. The molecule has 1 aromatic rings. The first-order chi connectivity index (χ1) is 11.8. The minimum absolute atomic E-state index is 0.0508. The maximum Gasteiger partial charge on any atom is 0.253 e. The molecule has 1 heterocycles. The molecule has 1 unspecified atom stereocenters. The summed E-state index contributed by atoms with van der Waals surface area (Å²) in [6.07, 6.45) is 2.01. The van der Waals surface area contributed by atoms with E-state index < -0.39 is 0 Å². The zero-order chi connectivity index (χ0) is 18.4. The fraction of sp³-hybridized carbons (Fsp3) is 0.600. The first kappa shape index (κ1) is 19.3. The molecular formula is C20H30N2O3. The van der Waals surface area contributed by atoms with Crippen LogP contribution in [-0.4, -0.2) is 43.0 Å². The number of amides is 2. The Labute approximate surface area is 150 Å². The summed E-state index contributed by atoms with van der Waals surface area (Å²) in [5.74, 6) is 1.20. The summed E-state index contributed by atoms with van der Waals surface area (Å²) >= 11 is 0. The Bertz CT molecular complexity index is 590. The van der Waals surface area contributed by atoms with Crippen LogP contribution >= 0.6 is 0 Å². The van der Waals surface area contributed by atoms with Crippen LogP contribution in [0.15, 0.2) is 24.3 Å². The lowest BCUT2D eigenvalue weighted by atomic mass is 9.94. The van der Waals surface area contributed by atoms with Gasteiger partial charge in [-0.2, -0.15) is 0 Å². The highest BCUT2D eigenvalue weighted by Crippen LogP contribution is 2.20. The van der Waals surface area contributed by atoms with E-state index in [0.717, 1.165) is 25.1 Å². The van der Waals surface area contributed by atoms with E-state index >= 15 is 0 Å². The lowest BCUT2D eigenvalue weighted by Gasteiger charge is -2.33. The van der Waals surface area contributed by atoms with E-state index in [-0.39, 0.29) is 17.2 Å². The first-order valence-corrected chi connectivity index (χ1v) is 9.11. The number of hydrogen-bond acceptors (Lipinski definition) is 3. The van der Waals surface area contributed by atoms with Crippen molar-refractivity contribution >= 4 is 11.8 Å². The van der Waals surface area contributed by atoms with Crippen LogP contribution in [0.1, 0.15) is 50.9 Å². The number of likely N-dealkylation sites (tertiary alicyclic amines) is 1. The van der Waals surface area contributed by atoms with Crippen molar-refractivity contribution in [1.82, 2.24) is 10.2 Å². The van der Waals surface area contributed by atoms with Gasteiger partial charge in [0.05, 0.1) is 6.61 Å². The van der Waals surface area contributed by atoms with Crippen molar-refractivity contribution in [2.75, 3.05) is 26.2 Å². The van der Waals surface area contributed by atoms with Gasteiger partial charge in [-0.1, -0.05) is 20.8 Å². The molecule has 5 heteroatoms. The summed E-state index contributed by atoms with van der Waals surface area (Å²) in [7, 11) is 0. The number of carbonyl (C=O) groups excluding carboxylic acids is 2. The summed E-state index contributed by atoms with van der Waals surface area (Å²) in [6, 6.07) is 7.31. The lowest BCUT2D eigenvalue weighted by molar-refractivity contribution is -0.128. The smallest absolute Gasteiger partial charge is 0.253 e. The van der Waals surface area contributed by atoms with Crippen LogP contribution in [0.4, 0.5) is 0 Å². The SMILES string of the molecule is CCOc1ccc(C(=O)N2CCCC(CNC(=O)C(C)(C)C)C2)cc1. The normalized spacial score (nSPS) is 17.9. The van der Waals surface area contributed by atoms with Crippen LogP contribution in [0.2, 0.25) is 0 Å². The summed E-state index contributed by atoms with van der Waals surface area (Å²) < 4.78 is 5.42. The average Bonchev–Trinajstić information content (AvgIpc) is 2.59. The van der Waals surface area contributed by atoms with Crippen molar-refractivity contribution in [3.63, 3.8) is 0 Å². The number of carbonyl (C=O) groups is 2. The zero-order valence-electron chi connectivity index (χ0n) is 15.8. The molecule has 1 aliphatic rings. The molecule has 0 aromatic heterocycles. The molecule has 0 aliphatic carbocycles. The topological polar surface area (TPSA) is 58.6 Å². The van der Waals surface area contributed by atoms with Crippen molar-refractivity contribution in [2.45, 2.75) is 40.5 Å². The van der Waals surface area contributed by atoms with Gasteiger partial charge >= 0.3 is 0 Å². The highest BCUT2D eigenvalue weighted by atomic mass is 16.5. The monoisotopic (exact) mass is 346 g/mol. The van der Waals surface area contributed by atoms with E-state index in [9.17, 15) is 9.59 Å². The van der Waals surface area contributed by atoms with Crippen LogP contribution in [0, 0.1) is 11.3 Å². The Hall–Kier alpha value is -2.04. The van der Waals surface area contributed by atoms with Crippen molar-refractivity contribution < 1.29 is 14.3 Å². The average molecular weight is 346 g/mol.